The van der Waals surface area contributed by atoms with Crippen molar-refractivity contribution in [3.05, 3.63) is 61.2 Å². The largest absolute Gasteiger partial charge is 0.462 e. The minimum absolute atomic E-state index is 0.000564. The van der Waals surface area contributed by atoms with E-state index in [1.165, 1.54) is 4.40 Å². The molecule has 10 heteroatoms. The van der Waals surface area contributed by atoms with Crippen LogP contribution >= 0.6 is 22.9 Å². The Morgan fingerprint density at radius 2 is 1.91 bits per heavy atom. The minimum Gasteiger partial charge on any atom is -0.462 e. The molecule has 4 aromatic rings. The topological polar surface area (TPSA) is 134 Å². The van der Waals surface area contributed by atoms with Gasteiger partial charge >= 0.3 is 5.97 Å². The predicted molar refractivity (Wildman–Crippen MR) is 122 cm³/mol. The Morgan fingerprint density at radius 1 is 1.25 bits per heavy atom. The molecule has 0 amide bonds. The molecule has 0 spiro atoms. The monoisotopic (exact) mass is 463 g/mol. The number of rotatable bonds is 3. The fraction of sp³-hybridized carbons (Fsp3) is 0.136. The molecule has 0 radical (unpaired) electrons. The Hall–Kier alpha value is -3.92. The van der Waals surface area contributed by atoms with Crippen LogP contribution in [0.4, 0.5) is 5.82 Å². The van der Waals surface area contributed by atoms with Crippen LogP contribution in [-0.4, -0.2) is 22.0 Å². The number of thiophene rings is 1. The quantitative estimate of drug-likeness (QED) is 0.453. The third-order valence-corrected chi connectivity index (χ3v) is 6.30. The summed E-state index contributed by atoms with van der Waals surface area (Å²) in [5, 5.41) is 20.4. The smallest absolute Gasteiger partial charge is 0.340 e. The van der Waals surface area contributed by atoms with Crippen molar-refractivity contribution >= 4 is 50.6 Å². The highest BCUT2D eigenvalue weighted by molar-refractivity contribution is 7.19. The van der Waals surface area contributed by atoms with Gasteiger partial charge < -0.3 is 10.5 Å². The van der Waals surface area contributed by atoms with Crippen LogP contribution in [0.5, 0.6) is 0 Å². The summed E-state index contributed by atoms with van der Waals surface area (Å²) in [5.41, 5.74) is 6.66. The zero-order valence-corrected chi connectivity index (χ0v) is 18.5. The Morgan fingerprint density at radius 3 is 2.50 bits per heavy atom. The van der Waals surface area contributed by atoms with Gasteiger partial charge in [-0.1, -0.05) is 23.7 Å². The summed E-state index contributed by atoms with van der Waals surface area (Å²) in [4.78, 5) is 30.4. The van der Waals surface area contributed by atoms with Crippen molar-refractivity contribution in [1.29, 1.82) is 10.5 Å². The van der Waals surface area contributed by atoms with Crippen LogP contribution in [0.1, 0.15) is 33.3 Å². The number of halogens is 1. The standard InChI is InChI=1S/C22H14ClN5O3S/c1-3-31-22(30)15-10(2)32-21-17(15)20(29)27-19-14(9-25)16(11-4-6-12(23)7-5-11)13(8-24)18(26)28(19)21/h4-7H,3,26H2,1-2H3. The van der Waals surface area contributed by atoms with Gasteiger partial charge in [0.15, 0.2) is 5.65 Å². The van der Waals surface area contributed by atoms with Gasteiger partial charge in [-0.2, -0.15) is 15.5 Å². The van der Waals surface area contributed by atoms with Crippen molar-refractivity contribution in [2.75, 3.05) is 12.3 Å². The highest BCUT2D eigenvalue weighted by Crippen LogP contribution is 2.37. The van der Waals surface area contributed by atoms with Crippen LogP contribution in [0.3, 0.4) is 0 Å². The van der Waals surface area contributed by atoms with Crippen LogP contribution in [0.15, 0.2) is 29.1 Å². The molecule has 0 bridgehead atoms. The first-order valence-corrected chi connectivity index (χ1v) is 10.6. The fourth-order valence-corrected chi connectivity index (χ4v) is 4.90. The number of carbonyl (C=O) groups excluding carboxylic acids is 1. The number of pyridine rings is 1. The highest BCUT2D eigenvalue weighted by atomic mass is 35.5. The number of benzene rings is 1. The van der Waals surface area contributed by atoms with Crippen molar-refractivity contribution in [2.45, 2.75) is 13.8 Å². The summed E-state index contributed by atoms with van der Waals surface area (Å²) in [6.45, 7) is 3.48. The summed E-state index contributed by atoms with van der Waals surface area (Å²) in [7, 11) is 0. The van der Waals surface area contributed by atoms with Crippen molar-refractivity contribution in [2.24, 2.45) is 0 Å². The van der Waals surface area contributed by atoms with Crippen LogP contribution in [0, 0.1) is 29.6 Å². The van der Waals surface area contributed by atoms with Gasteiger partial charge in [0.25, 0.3) is 5.56 Å². The molecule has 0 aliphatic rings. The van der Waals surface area contributed by atoms with E-state index in [0.717, 1.165) is 11.3 Å². The first-order valence-electron chi connectivity index (χ1n) is 9.38. The molecular weight excluding hydrogens is 450 g/mol. The molecule has 4 rings (SSSR count). The molecule has 0 aliphatic carbocycles. The molecule has 0 saturated carbocycles. The van der Waals surface area contributed by atoms with Crippen LogP contribution in [0.25, 0.3) is 27.0 Å². The summed E-state index contributed by atoms with van der Waals surface area (Å²) >= 11 is 7.11. The van der Waals surface area contributed by atoms with Gasteiger partial charge in [-0.3, -0.25) is 9.20 Å². The van der Waals surface area contributed by atoms with E-state index in [9.17, 15) is 20.1 Å². The summed E-state index contributed by atoms with van der Waals surface area (Å²) in [6.07, 6.45) is 0. The molecule has 3 aromatic heterocycles. The maximum absolute atomic E-state index is 13.0. The third kappa shape index (κ3) is 3.07. The van der Waals surface area contributed by atoms with Crippen molar-refractivity contribution < 1.29 is 9.53 Å². The maximum Gasteiger partial charge on any atom is 0.340 e. The lowest BCUT2D eigenvalue weighted by molar-refractivity contribution is 0.0528. The molecule has 3 heterocycles. The maximum atomic E-state index is 13.0. The molecule has 0 aliphatic heterocycles. The Bertz CT molecular complexity index is 1570. The van der Waals surface area contributed by atoms with Crippen LogP contribution < -0.4 is 11.3 Å². The van der Waals surface area contributed by atoms with Gasteiger partial charge in [-0.15, -0.1) is 11.3 Å². The number of aromatic nitrogens is 2. The van der Waals surface area contributed by atoms with Gasteiger partial charge in [-0.25, -0.2) is 4.79 Å². The number of carbonyl (C=O) groups is 1. The first-order chi connectivity index (χ1) is 15.3. The highest BCUT2D eigenvalue weighted by Gasteiger charge is 2.27. The van der Waals surface area contributed by atoms with Gasteiger partial charge in [0, 0.05) is 15.5 Å². The Balaban J connectivity index is 2.22. The second-order valence-corrected chi connectivity index (χ2v) is 8.39. The molecule has 158 valence electrons. The predicted octanol–water partition coefficient (Wildman–Crippen LogP) is 4.04. The number of fused-ring (bicyclic) bond motifs is 3. The van der Waals surface area contributed by atoms with Gasteiger partial charge in [0.2, 0.25) is 0 Å². The van der Waals surface area contributed by atoms with Gasteiger partial charge in [-0.05, 0) is 31.5 Å². The van der Waals surface area contributed by atoms with Gasteiger partial charge in [0.1, 0.15) is 33.9 Å². The van der Waals surface area contributed by atoms with Crippen LogP contribution in [-0.2, 0) is 4.74 Å². The van der Waals surface area contributed by atoms with Crippen molar-refractivity contribution in [3.63, 3.8) is 0 Å². The van der Waals surface area contributed by atoms with E-state index in [4.69, 9.17) is 22.1 Å². The molecule has 0 saturated heterocycles. The fourth-order valence-electron chi connectivity index (χ4n) is 3.63. The molecule has 1 aromatic carbocycles. The number of anilines is 1. The normalized spacial score (nSPS) is 10.8. The van der Waals surface area contributed by atoms with E-state index < -0.39 is 11.5 Å². The second-order valence-electron chi connectivity index (χ2n) is 6.75. The first kappa shape index (κ1) is 21.3. The lowest BCUT2D eigenvalue weighted by Gasteiger charge is -2.15. The van der Waals surface area contributed by atoms with E-state index in [2.05, 4.69) is 17.1 Å². The van der Waals surface area contributed by atoms with Crippen molar-refractivity contribution in [3.8, 4) is 23.3 Å². The lowest BCUT2D eigenvalue weighted by Crippen LogP contribution is -2.17. The summed E-state index contributed by atoms with van der Waals surface area (Å²) in [6, 6.07) is 10.7. The van der Waals surface area contributed by atoms with Crippen LogP contribution in [0.2, 0.25) is 5.02 Å². The molecular formula is C22H14ClN5O3S. The van der Waals surface area contributed by atoms with E-state index in [1.54, 1.807) is 38.1 Å². The molecule has 2 N–H and O–H groups in total. The van der Waals surface area contributed by atoms with E-state index in [-0.39, 0.29) is 45.7 Å². The SMILES string of the molecule is CCOC(=O)c1c(C)sc2c1c(=O)nc1c(C#N)c(-c3ccc(Cl)cc3)c(C#N)c(N)n12. The molecule has 0 unspecified atom stereocenters. The van der Waals surface area contributed by atoms with E-state index in [1.807, 2.05) is 0 Å². The Kier molecular flexibility index (Phi) is 5.31. The molecule has 0 atom stereocenters. The molecule has 0 fully saturated rings. The number of ether oxygens (including phenoxy) is 1. The molecule has 8 nitrogen and oxygen atoms in total. The number of hydrogen-bond acceptors (Lipinski definition) is 8. The summed E-state index contributed by atoms with van der Waals surface area (Å²) in [5.74, 6) is -0.645. The number of esters is 1. The minimum atomic E-state index is -0.685. The van der Waals surface area contributed by atoms with E-state index in [0.29, 0.717) is 20.3 Å². The third-order valence-electron chi connectivity index (χ3n) is 4.96. The Labute approximate surface area is 190 Å². The van der Waals surface area contributed by atoms with Gasteiger partial charge in [0.05, 0.1) is 17.6 Å². The number of aryl methyl sites for hydroxylation is 1. The second kappa shape index (κ2) is 7.97. The lowest BCUT2D eigenvalue weighted by atomic mass is 9.96. The zero-order chi connectivity index (χ0) is 23.2. The molecule has 32 heavy (non-hydrogen) atoms. The number of nitrogen functional groups attached to an aromatic ring is 1. The number of nitriles is 2. The average molecular weight is 464 g/mol. The number of nitrogens with two attached hydrogens (primary N) is 1. The van der Waals surface area contributed by atoms with E-state index >= 15 is 0 Å². The van der Waals surface area contributed by atoms with Crippen molar-refractivity contribution in [1.82, 2.24) is 9.38 Å². The summed E-state index contributed by atoms with van der Waals surface area (Å²) < 4.78 is 6.48. The number of hydrogen-bond donors (Lipinski definition) is 1. The zero-order valence-electron chi connectivity index (χ0n) is 16.9. The average Bonchev–Trinajstić information content (AvgIpc) is 3.11. The number of nitrogens with zero attached hydrogens (tertiary/aromatic N) is 4.